The Labute approximate surface area is 312 Å². The Kier molecular flexibility index (Phi) is 39.6. The Morgan fingerprint density at radius 1 is 0.480 bits per heavy atom. The summed E-state index contributed by atoms with van der Waals surface area (Å²) in [7, 11) is 0. The number of nitrogens with one attached hydrogen (secondary N) is 1. The number of hydrogen-bond acceptors (Lipinski definition) is 4. The smallest absolute Gasteiger partial charge is 0.249 e. The second-order valence-electron chi connectivity index (χ2n) is 15.3. The monoisotopic (exact) mass is 706 g/mol. The molecular weight excluding hydrogens is 618 g/mol. The van der Waals surface area contributed by atoms with Crippen molar-refractivity contribution in [2.45, 2.75) is 250 Å². The third-order valence-electron chi connectivity index (χ3n) is 10.3. The van der Waals surface area contributed by atoms with Gasteiger partial charge in [-0.15, -0.1) is 0 Å². The van der Waals surface area contributed by atoms with Gasteiger partial charge in [0.1, 0.15) is 6.10 Å². The second-order valence-corrected chi connectivity index (χ2v) is 15.3. The van der Waals surface area contributed by atoms with Crippen LogP contribution in [0.5, 0.6) is 0 Å². The number of allylic oxidation sites excluding steroid dienone is 3. The van der Waals surface area contributed by atoms with Gasteiger partial charge in [0.25, 0.3) is 0 Å². The summed E-state index contributed by atoms with van der Waals surface area (Å²) < 4.78 is 0. The maximum absolute atomic E-state index is 12.4. The summed E-state index contributed by atoms with van der Waals surface area (Å²) in [6.45, 7) is 4.17. The number of hydrogen-bond donors (Lipinski definition) is 4. The molecule has 3 atom stereocenters. The van der Waals surface area contributed by atoms with Crippen LogP contribution in [0.25, 0.3) is 0 Å². The van der Waals surface area contributed by atoms with Gasteiger partial charge in [0.2, 0.25) is 5.91 Å². The van der Waals surface area contributed by atoms with Gasteiger partial charge in [0, 0.05) is 0 Å². The van der Waals surface area contributed by atoms with E-state index in [4.69, 9.17) is 0 Å². The van der Waals surface area contributed by atoms with Crippen LogP contribution in [0.1, 0.15) is 232 Å². The molecule has 0 aromatic heterocycles. The zero-order valence-corrected chi connectivity index (χ0v) is 33.5. The Hall–Kier alpha value is -1.17. The summed E-state index contributed by atoms with van der Waals surface area (Å²) in [5.74, 6) is -0.512. The van der Waals surface area contributed by atoms with E-state index in [-0.39, 0.29) is 6.61 Å². The van der Waals surface area contributed by atoms with E-state index in [1.165, 1.54) is 173 Å². The van der Waals surface area contributed by atoms with Crippen molar-refractivity contribution >= 4 is 5.91 Å². The molecule has 296 valence electrons. The summed E-state index contributed by atoms with van der Waals surface area (Å²) in [5.41, 5.74) is 0. The van der Waals surface area contributed by atoms with Crippen molar-refractivity contribution < 1.29 is 20.1 Å². The lowest BCUT2D eigenvalue weighted by molar-refractivity contribution is -0.131. The largest absolute Gasteiger partial charge is 0.394 e. The molecule has 0 aromatic rings. The summed E-state index contributed by atoms with van der Waals surface area (Å²) >= 11 is 0. The highest BCUT2D eigenvalue weighted by atomic mass is 16.3. The van der Waals surface area contributed by atoms with Crippen LogP contribution in [0.15, 0.2) is 24.3 Å². The molecule has 0 aliphatic rings. The number of carbonyl (C=O) groups excluding carboxylic acids is 1. The third-order valence-corrected chi connectivity index (χ3v) is 10.3. The fourth-order valence-corrected chi connectivity index (χ4v) is 6.79. The van der Waals surface area contributed by atoms with Crippen molar-refractivity contribution in [3.63, 3.8) is 0 Å². The lowest BCUT2D eigenvalue weighted by Crippen LogP contribution is -2.48. The highest BCUT2D eigenvalue weighted by Gasteiger charge is 2.22. The van der Waals surface area contributed by atoms with E-state index in [1.807, 2.05) is 6.08 Å². The minimum absolute atomic E-state index is 0.373. The van der Waals surface area contributed by atoms with Crippen LogP contribution < -0.4 is 5.32 Å². The summed E-state index contributed by atoms with van der Waals surface area (Å²) in [6, 6.07) is -0.810. The average molecular weight is 706 g/mol. The maximum Gasteiger partial charge on any atom is 0.249 e. The number of unbranched alkanes of at least 4 members (excludes halogenated alkanes) is 30. The van der Waals surface area contributed by atoms with Gasteiger partial charge >= 0.3 is 0 Å². The summed E-state index contributed by atoms with van der Waals surface area (Å²) in [4.78, 5) is 12.4. The van der Waals surface area contributed by atoms with Gasteiger partial charge in [0.15, 0.2) is 0 Å². The molecule has 0 radical (unpaired) electrons. The van der Waals surface area contributed by atoms with E-state index in [1.54, 1.807) is 6.08 Å². The van der Waals surface area contributed by atoms with E-state index in [9.17, 15) is 20.1 Å². The summed E-state index contributed by atoms with van der Waals surface area (Å²) in [5, 5.41) is 33.0. The molecule has 4 N–H and O–H groups in total. The van der Waals surface area contributed by atoms with E-state index in [0.717, 1.165) is 38.5 Å². The van der Waals surface area contributed by atoms with E-state index in [2.05, 4.69) is 31.3 Å². The molecular formula is C45H87NO4. The number of carbonyl (C=O) groups is 1. The van der Waals surface area contributed by atoms with Crippen molar-refractivity contribution in [1.82, 2.24) is 5.32 Å². The van der Waals surface area contributed by atoms with Crippen LogP contribution >= 0.6 is 0 Å². The minimum atomic E-state index is -1.10. The first-order valence-corrected chi connectivity index (χ1v) is 22.2. The van der Waals surface area contributed by atoms with Gasteiger partial charge in [-0.05, 0) is 32.1 Å². The van der Waals surface area contributed by atoms with E-state index < -0.39 is 24.2 Å². The zero-order valence-electron chi connectivity index (χ0n) is 33.5. The standard InChI is InChI=1S/C45H87NO4/c1-3-5-7-9-11-13-15-17-18-19-20-21-22-23-24-25-26-27-28-30-31-33-35-37-39-43(48)42(41-47)46-45(50)44(49)40-38-36-34-32-29-16-14-12-10-8-6-4-2/h30-31,37,39,42-44,47-49H,3-29,32-36,38,40-41H2,1-2H3,(H,46,50)/b31-30+,39-37+. The summed E-state index contributed by atoms with van der Waals surface area (Å²) in [6.07, 6.45) is 49.4. The fraction of sp³-hybridized carbons (Fsp3) is 0.889. The number of amides is 1. The molecule has 5 nitrogen and oxygen atoms in total. The molecule has 1 amide bonds. The molecule has 0 rings (SSSR count). The number of aliphatic hydroxyl groups is 3. The Morgan fingerprint density at radius 3 is 1.22 bits per heavy atom. The van der Waals surface area contributed by atoms with Crippen molar-refractivity contribution in [2.75, 3.05) is 6.61 Å². The van der Waals surface area contributed by atoms with Crippen LogP contribution in [0.4, 0.5) is 0 Å². The molecule has 0 aromatic carbocycles. The Morgan fingerprint density at radius 2 is 0.820 bits per heavy atom. The van der Waals surface area contributed by atoms with Gasteiger partial charge in [0.05, 0.1) is 18.8 Å². The van der Waals surface area contributed by atoms with E-state index >= 15 is 0 Å². The molecule has 0 aliphatic carbocycles. The first kappa shape index (κ1) is 48.8. The van der Waals surface area contributed by atoms with E-state index in [0.29, 0.717) is 6.42 Å². The molecule has 0 bridgehead atoms. The van der Waals surface area contributed by atoms with Crippen molar-refractivity contribution in [3.05, 3.63) is 24.3 Å². The molecule has 0 saturated carbocycles. The zero-order chi connectivity index (χ0) is 36.6. The average Bonchev–Trinajstić information content (AvgIpc) is 3.12. The lowest BCUT2D eigenvalue weighted by Gasteiger charge is -2.21. The van der Waals surface area contributed by atoms with Crippen LogP contribution in [-0.2, 0) is 4.79 Å². The molecule has 3 unspecified atom stereocenters. The van der Waals surface area contributed by atoms with Gasteiger partial charge in [-0.2, -0.15) is 0 Å². The first-order valence-electron chi connectivity index (χ1n) is 22.2. The van der Waals surface area contributed by atoms with Gasteiger partial charge in [-0.3, -0.25) is 4.79 Å². The van der Waals surface area contributed by atoms with Crippen LogP contribution in [0.2, 0.25) is 0 Å². The number of aliphatic hydroxyl groups excluding tert-OH is 3. The molecule has 50 heavy (non-hydrogen) atoms. The minimum Gasteiger partial charge on any atom is -0.394 e. The molecule has 0 heterocycles. The predicted molar refractivity (Wildman–Crippen MR) is 218 cm³/mol. The quantitative estimate of drug-likeness (QED) is 0.0377. The Balaban J connectivity index is 3.66. The molecule has 5 heteroatoms. The molecule has 0 aliphatic heterocycles. The highest BCUT2D eigenvalue weighted by Crippen LogP contribution is 2.16. The predicted octanol–water partition coefficient (Wildman–Crippen LogP) is 12.6. The van der Waals surface area contributed by atoms with Gasteiger partial charge in [-0.1, -0.05) is 224 Å². The highest BCUT2D eigenvalue weighted by molar-refractivity contribution is 5.80. The molecule has 0 fully saturated rings. The maximum atomic E-state index is 12.4. The normalized spacial score (nSPS) is 13.8. The van der Waals surface area contributed by atoms with Crippen molar-refractivity contribution in [2.24, 2.45) is 0 Å². The van der Waals surface area contributed by atoms with Crippen molar-refractivity contribution in [1.29, 1.82) is 0 Å². The van der Waals surface area contributed by atoms with Crippen LogP contribution in [0, 0.1) is 0 Å². The number of rotatable bonds is 40. The van der Waals surface area contributed by atoms with Crippen molar-refractivity contribution in [3.8, 4) is 0 Å². The van der Waals surface area contributed by atoms with Gasteiger partial charge < -0.3 is 20.6 Å². The topological polar surface area (TPSA) is 89.8 Å². The lowest BCUT2D eigenvalue weighted by atomic mass is 10.0. The van der Waals surface area contributed by atoms with Crippen LogP contribution in [0.3, 0.4) is 0 Å². The first-order chi connectivity index (χ1) is 24.6. The third kappa shape index (κ3) is 35.2. The SMILES string of the molecule is CCCCCCCCCCCCCCCCCCCC/C=C/CC/C=C/C(O)C(CO)NC(=O)C(O)CCCCCCCCCCCCCC. The van der Waals surface area contributed by atoms with Crippen LogP contribution in [-0.4, -0.2) is 46.1 Å². The molecule has 0 spiro atoms. The second kappa shape index (κ2) is 40.6. The Bertz CT molecular complexity index is 739. The molecule has 0 saturated heterocycles. The fourth-order valence-electron chi connectivity index (χ4n) is 6.79. The van der Waals surface area contributed by atoms with Gasteiger partial charge in [-0.25, -0.2) is 0 Å².